The molecule has 2 saturated heterocycles. The van der Waals surface area contributed by atoms with Gasteiger partial charge in [0.15, 0.2) is 9.84 Å². The number of rotatable bonds is 4. The Morgan fingerprint density at radius 3 is 1.94 bits per heavy atom. The number of fused-ring (bicyclic) bond motifs is 1. The van der Waals surface area contributed by atoms with Crippen LogP contribution in [0.25, 0.3) is 0 Å². The molecule has 2 aliphatic heterocycles. The van der Waals surface area contributed by atoms with Crippen LogP contribution < -0.4 is 0 Å². The zero-order valence-corrected chi connectivity index (χ0v) is 22.1. The minimum Gasteiger partial charge on any atom is -0.335 e. The lowest BCUT2D eigenvalue weighted by atomic mass is 9.68. The van der Waals surface area contributed by atoms with Gasteiger partial charge in [-0.1, -0.05) is 0 Å². The largest absolute Gasteiger partial charge is 0.335 e. The van der Waals surface area contributed by atoms with E-state index in [2.05, 4.69) is 21.6 Å². The van der Waals surface area contributed by atoms with Crippen molar-refractivity contribution in [3.63, 3.8) is 0 Å². The molecule has 6 rings (SSSR count). The van der Waals surface area contributed by atoms with Crippen LogP contribution in [0.3, 0.4) is 0 Å². The molecular weight excluding hydrogens is 462 g/mol. The second-order valence-electron chi connectivity index (χ2n) is 12.6. The number of sulfone groups is 1. The van der Waals surface area contributed by atoms with Gasteiger partial charge in [-0.15, -0.1) is 0 Å². The molecular formula is C27H43N3O4S. The van der Waals surface area contributed by atoms with Gasteiger partial charge < -0.3 is 9.80 Å². The third kappa shape index (κ3) is 4.90. The van der Waals surface area contributed by atoms with Crippen molar-refractivity contribution in [2.24, 2.45) is 23.7 Å². The van der Waals surface area contributed by atoms with E-state index in [-0.39, 0.29) is 30.0 Å². The molecule has 6 fully saturated rings. The summed E-state index contributed by atoms with van der Waals surface area (Å²) in [6, 6.07) is 1.07. The van der Waals surface area contributed by atoms with Crippen molar-refractivity contribution < 1.29 is 18.0 Å². The van der Waals surface area contributed by atoms with Gasteiger partial charge in [-0.2, -0.15) is 0 Å². The van der Waals surface area contributed by atoms with Gasteiger partial charge in [0.05, 0.1) is 23.6 Å². The highest BCUT2D eigenvalue weighted by molar-refractivity contribution is 7.91. The molecule has 4 aliphatic carbocycles. The fraction of sp³-hybridized carbons (Fsp3) is 0.926. The molecule has 0 spiro atoms. The van der Waals surface area contributed by atoms with Crippen LogP contribution in [0.4, 0.5) is 0 Å². The molecule has 35 heavy (non-hydrogen) atoms. The van der Waals surface area contributed by atoms with E-state index in [4.69, 9.17) is 0 Å². The van der Waals surface area contributed by atoms with Gasteiger partial charge in [0.2, 0.25) is 11.8 Å². The summed E-state index contributed by atoms with van der Waals surface area (Å²) in [5.74, 6) is 3.16. The average molecular weight is 506 g/mol. The van der Waals surface area contributed by atoms with Crippen molar-refractivity contribution in [3.8, 4) is 0 Å². The number of piperazine rings is 1. The molecule has 0 radical (unpaired) electrons. The van der Waals surface area contributed by atoms with E-state index in [1.54, 1.807) is 0 Å². The molecule has 4 atom stereocenters. The van der Waals surface area contributed by atoms with Gasteiger partial charge in [-0.05, 0) is 89.4 Å². The standard InChI is InChI=1S/C27H43N3O4S/c1-18-17-29(26(31)20-2-3-20)25-16-22(8-11-24(25)30(18)27(32)21-4-5-21)19-6-9-23(10-7-19)28-12-14-35(33,34)15-13-28/h18-25H,2-17H2,1H3/t18-,19?,22?,23?,24?,25?/m0/s1. The summed E-state index contributed by atoms with van der Waals surface area (Å²) in [4.78, 5) is 33.4. The molecule has 6 aliphatic rings. The molecule has 8 heteroatoms. The Morgan fingerprint density at radius 2 is 1.31 bits per heavy atom. The maximum atomic E-state index is 13.3. The minimum absolute atomic E-state index is 0.132. The molecule has 0 bridgehead atoms. The zero-order valence-electron chi connectivity index (χ0n) is 21.3. The van der Waals surface area contributed by atoms with Crippen LogP contribution in [0.2, 0.25) is 0 Å². The average Bonchev–Trinajstić information content (AvgIpc) is 3.76. The summed E-state index contributed by atoms with van der Waals surface area (Å²) in [6.07, 6.45) is 12.2. The molecule has 4 saturated carbocycles. The lowest BCUT2D eigenvalue weighted by molar-refractivity contribution is -0.157. The number of carbonyl (C=O) groups is 2. The lowest BCUT2D eigenvalue weighted by Gasteiger charge is -2.55. The van der Waals surface area contributed by atoms with Crippen molar-refractivity contribution in [1.29, 1.82) is 0 Å². The van der Waals surface area contributed by atoms with Crippen molar-refractivity contribution in [2.75, 3.05) is 31.1 Å². The topological polar surface area (TPSA) is 78.0 Å². The van der Waals surface area contributed by atoms with Crippen LogP contribution in [0.15, 0.2) is 0 Å². The molecule has 2 amide bonds. The summed E-state index contributed by atoms with van der Waals surface area (Å²) < 4.78 is 23.6. The summed E-state index contributed by atoms with van der Waals surface area (Å²) in [7, 11) is -2.83. The predicted molar refractivity (Wildman–Crippen MR) is 134 cm³/mol. The normalized spacial score (nSPS) is 40.3. The maximum absolute atomic E-state index is 13.3. The highest BCUT2D eigenvalue weighted by Gasteiger charge is 2.51. The first-order chi connectivity index (χ1) is 16.8. The SMILES string of the molecule is C[C@H]1CN(C(=O)C2CC2)C2CC(C3CCC(N4CCS(=O)(=O)CC4)CC3)CCC2N1C(=O)C1CC1. The Kier molecular flexibility index (Phi) is 6.43. The van der Waals surface area contributed by atoms with E-state index in [0.717, 1.165) is 38.5 Å². The first-order valence-electron chi connectivity index (χ1n) is 14.4. The van der Waals surface area contributed by atoms with Crippen LogP contribution >= 0.6 is 0 Å². The van der Waals surface area contributed by atoms with Crippen LogP contribution in [-0.2, 0) is 19.4 Å². The van der Waals surface area contributed by atoms with Crippen molar-refractivity contribution in [2.45, 2.75) is 102 Å². The third-order valence-electron chi connectivity index (χ3n) is 10.2. The molecule has 196 valence electrons. The smallest absolute Gasteiger partial charge is 0.226 e. The Balaban J connectivity index is 1.11. The Labute approximate surface area is 210 Å². The van der Waals surface area contributed by atoms with Crippen LogP contribution in [0, 0.1) is 23.7 Å². The van der Waals surface area contributed by atoms with Crippen LogP contribution in [0.5, 0.6) is 0 Å². The molecule has 2 heterocycles. The first-order valence-corrected chi connectivity index (χ1v) is 16.2. The minimum atomic E-state index is -2.83. The first kappa shape index (κ1) is 24.2. The van der Waals surface area contributed by atoms with E-state index in [0.29, 0.717) is 60.8 Å². The van der Waals surface area contributed by atoms with Gasteiger partial charge in [0.25, 0.3) is 0 Å². The van der Waals surface area contributed by atoms with Gasteiger partial charge in [-0.3, -0.25) is 14.5 Å². The molecule has 0 aromatic heterocycles. The van der Waals surface area contributed by atoms with E-state index in [1.807, 2.05) is 0 Å². The van der Waals surface area contributed by atoms with Crippen molar-refractivity contribution in [1.82, 2.24) is 14.7 Å². The quantitative estimate of drug-likeness (QED) is 0.587. The number of hydrogen-bond acceptors (Lipinski definition) is 5. The number of nitrogens with zero attached hydrogens (tertiary/aromatic N) is 3. The summed E-state index contributed by atoms with van der Waals surface area (Å²) in [5.41, 5.74) is 0. The van der Waals surface area contributed by atoms with Crippen molar-refractivity contribution in [3.05, 3.63) is 0 Å². The fourth-order valence-electron chi connectivity index (χ4n) is 7.85. The fourth-order valence-corrected chi connectivity index (χ4v) is 9.08. The van der Waals surface area contributed by atoms with Crippen molar-refractivity contribution >= 4 is 21.7 Å². The summed E-state index contributed by atoms with van der Waals surface area (Å²) >= 11 is 0. The zero-order chi connectivity index (χ0) is 24.3. The second kappa shape index (κ2) is 9.30. The van der Waals surface area contributed by atoms with Gasteiger partial charge in [0, 0.05) is 43.6 Å². The number of carbonyl (C=O) groups excluding carboxylic acids is 2. The maximum Gasteiger partial charge on any atom is 0.226 e. The van der Waals surface area contributed by atoms with E-state index in [1.165, 1.54) is 32.1 Å². The Hall–Kier alpha value is -1.15. The molecule has 0 aromatic carbocycles. The Morgan fingerprint density at radius 1 is 0.714 bits per heavy atom. The van der Waals surface area contributed by atoms with Crippen LogP contribution in [0.1, 0.15) is 77.6 Å². The molecule has 7 nitrogen and oxygen atoms in total. The lowest BCUT2D eigenvalue weighted by Crippen LogP contribution is -2.67. The monoisotopic (exact) mass is 505 g/mol. The van der Waals surface area contributed by atoms with E-state index < -0.39 is 9.84 Å². The molecule has 3 unspecified atom stereocenters. The van der Waals surface area contributed by atoms with Crippen LogP contribution in [-0.4, -0.2) is 90.2 Å². The van der Waals surface area contributed by atoms with Gasteiger partial charge in [-0.25, -0.2) is 8.42 Å². The summed E-state index contributed by atoms with van der Waals surface area (Å²) in [6.45, 7) is 4.27. The second-order valence-corrected chi connectivity index (χ2v) is 14.9. The van der Waals surface area contributed by atoms with E-state index in [9.17, 15) is 18.0 Å². The highest BCUT2D eigenvalue weighted by atomic mass is 32.2. The van der Waals surface area contributed by atoms with Gasteiger partial charge in [0.1, 0.15) is 0 Å². The predicted octanol–water partition coefficient (Wildman–Crippen LogP) is 2.69. The third-order valence-corrected chi connectivity index (χ3v) is 11.8. The highest BCUT2D eigenvalue weighted by Crippen LogP contribution is 2.46. The molecule has 0 aromatic rings. The number of amides is 2. The Bertz CT molecular complexity index is 924. The van der Waals surface area contributed by atoms with Gasteiger partial charge >= 0.3 is 0 Å². The molecule has 0 N–H and O–H groups in total. The summed E-state index contributed by atoms with van der Waals surface area (Å²) in [5, 5.41) is 0. The van der Waals surface area contributed by atoms with E-state index >= 15 is 0 Å². The number of hydrogen-bond donors (Lipinski definition) is 0.